The maximum atomic E-state index is 12.6. The van der Waals surface area contributed by atoms with Crippen LogP contribution in [0.25, 0.3) is 0 Å². The molecule has 172 valence electrons. The molecule has 0 spiro atoms. The first-order valence-corrected chi connectivity index (χ1v) is 10.6. The quantitative estimate of drug-likeness (QED) is 0.224. The fraction of sp³-hybridized carbons (Fsp3) is 0.529. The van der Waals surface area contributed by atoms with E-state index in [1.165, 1.54) is 6.08 Å². The van der Waals surface area contributed by atoms with Crippen LogP contribution >= 0.6 is 69.6 Å². The van der Waals surface area contributed by atoms with Gasteiger partial charge in [0, 0.05) is 6.61 Å². The van der Waals surface area contributed by atoms with Crippen molar-refractivity contribution in [1.82, 2.24) is 0 Å². The molecule has 4 nitrogen and oxygen atoms in total. The van der Waals surface area contributed by atoms with Gasteiger partial charge in [-0.15, -0.1) is 0 Å². The van der Waals surface area contributed by atoms with Gasteiger partial charge in [-0.05, 0) is 31.1 Å². The van der Waals surface area contributed by atoms with Gasteiger partial charge in [-0.2, -0.15) is 13.2 Å². The molecular formula is C17H17Cl6F3O4. The molecule has 0 aliphatic heterocycles. The van der Waals surface area contributed by atoms with Crippen LogP contribution in [0.15, 0.2) is 22.7 Å². The van der Waals surface area contributed by atoms with E-state index in [4.69, 9.17) is 83.8 Å². The van der Waals surface area contributed by atoms with Gasteiger partial charge in [0.2, 0.25) is 4.33 Å². The zero-order chi connectivity index (χ0) is 22.9. The van der Waals surface area contributed by atoms with Crippen molar-refractivity contribution in [2.24, 2.45) is 0 Å². The molecule has 13 heteroatoms. The highest BCUT2D eigenvalue weighted by molar-refractivity contribution is 6.55. The van der Waals surface area contributed by atoms with E-state index in [1.54, 1.807) is 12.1 Å². The summed E-state index contributed by atoms with van der Waals surface area (Å²) >= 11 is 33.5. The molecule has 1 unspecified atom stereocenters. The van der Waals surface area contributed by atoms with E-state index in [-0.39, 0.29) is 34.4 Å². The van der Waals surface area contributed by atoms with Crippen molar-refractivity contribution in [3.05, 3.63) is 32.7 Å². The van der Waals surface area contributed by atoms with Crippen LogP contribution in [0.3, 0.4) is 0 Å². The fourth-order valence-corrected chi connectivity index (χ4v) is 2.58. The van der Waals surface area contributed by atoms with Crippen LogP contribution < -0.4 is 9.47 Å². The van der Waals surface area contributed by atoms with Gasteiger partial charge in [0.15, 0.2) is 0 Å². The van der Waals surface area contributed by atoms with E-state index >= 15 is 0 Å². The Labute approximate surface area is 201 Å². The highest BCUT2D eigenvalue weighted by Gasteiger charge is 2.57. The molecule has 0 saturated carbocycles. The lowest BCUT2D eigenvalue weighted by molar-refractivity contribution is -0.168. The molecule has 0 fully saturated rings. The lowest BCUT2D eigenvalue weighted by Gasteiger charge is -2.27. The third kappa shape index (κ3) is 8.87. The average molecular weight is 555 g/mol. The molecule has 1 aromatic carbocycles. The Kier molecular flexibility index (Phi) is 12.1. The third-order valence-electron chi connectivity index (χ3n) is 3.50. The minimum atomic E-state index is -4.98. The third-order valence-corrected chi connectivity index (χ3v) is 5.59. The molecule has 0 saturated heterocycles. The standard InChI is InChI=1S/C17H17Cl6F3O4/c18-13(19)5-8-30-11-4-3-10(14(20)15(11)21)29-7-2-1-6-28-9-12(27)16(22,23)17(24,25)26/h3-5,12,27H,1-2,6-9H2. The van der Waals surface area contributed by atoms with Gasteiger partial charge in [-0.25, -0.2) is 0 Å². The van der Waals surface area contributed by atoms with Gasteiger partial charge in [0.25, 0.3) is 0 Å². The highest BCUT2D eigenvalue weighted by atomic mass is 35.5. The predicted molar refractivity (Wildman–Crippen MR) is 114 cm³/mol. The van der Waals surface area contributed by atoms with Crippen molar-refractivity contribution in [2.75, 3.05) is 26.4 Å². The van der Waals surface area contributed by atoms with Gasteiger partial charge in [0.1, 0.15) is 38.7 Å². The van der Waals surface area contributed by atoms with Crippen LogP contribution in [0.5, 0.6) is 11.5 Å². The Morgan fingerprint density at radius 1 is 1.00 bits per heavy atom. The van der Waals surface area contributed by atoms with Gasteiger partial charge in [-0.1, -0.05) is 69.6 Å². The summed E-state index contributed by atoms with van der Waals surface area (Å²) in [5.41, 5.74) is 0. The number of hydrogen-bond acceptors (Lipinski definition) is 4. The van der Waals surface area contributed by atoms with Crippen molar-refractivity contribution in [3.8, 4) is 11.5 Å². The summed E-state index contributed by atoms with van der Waals surface area (Å²) < 4.78 is 50.3. The number of hydrogen-bond donors (Lipinski definition) is 1. The lowest BCUT2D eigenvalue weighted by Crippen LogP contribution is -2.47. The minimum Gasteiger partial charge on any atom is -0.492 e. The van der Waals surface area contributed by atoms with E-state index in [0.717, 1.165) is 0 Å². The van der Waals surface area contributed by atoms with Crippen LogP contribution in [-0.2, 0) is 4.74 Å². The average Bonchev–Trinajstić information content (AvgIpc) is 2.64. The zero-order valence-corrected chi connectivity index (χ0v) is 19.7. The maximum absolute atomic E-state index is 12.6. The summed E-state index contributed by atoms with van der Waals surface area (Å²) in [7, 11) is 0. The number of ether oxygens (including phenoxy) is 3. The summed E-state index contributed by atoms with van der Waals surface area (Å²) in [6.07, 6.45) is -4.74. The lowest BCUT2D eigenvalue weighted by atomic mass is 10.2. The molecule has 0 amide bonds. The van der Waals surface area contributed by atoms with Crippen molar-refractivity contribution in [2.45, 2.75) is 29.5 Å². The van der Waals surface area contributed by atoms with Crippen LogP contribution in [0.2, 0.25) is 10.0 Å². The summed E-state index contributed by atoms with van der Waals surface area (Å²) in [5, 5.41) is 9.75. The molecule has 1 aromatic rings. The number of halogens is 9. The van der Waals surface area contributed by atoms with Gasteiger partial charge in [0.05, 0.1) is 13.2 Å². The molecule has 1 N–H and O–H groups in total. The number of aliphatic hydroxyl groups excluding tert-OH is 1. The first-order valence-electron chi connectivity index (χ1n) is 8.33. The van der Waals surface area contributed by atoms with Crippen molar-refractivity contribution >= 4 is 69.6 Å². The summed E-state index contributed by atoms with van der Waals surface area (Å²) in [6, 6.07) is 3.13. The Hall–Kier alpha value is 0.0100. The van der Waals surface area contributed by atoms with E-state index in [9.17, 15) is 18.3 Å². The first-order chi connectivity index (χ1) is 13.9. The number of unbranched alkanes of at least 4 members (excludes halogenated alkanes) is 1. The second-order valence-corrected chi connectivity index (χ2v) is 8.91. The predicted octanol–water partition coefficient (Wildman–Crippen LogP) is 6.96. The number of aliphatic hydroxyl groups is 1. The van der Waals surface area contributed by atoms with Crippen LogP contribution in [0.1, 0.15) is 12.8 Å². The Bertz CT molecular complexity index is 711. The van der Waals surface area contributed by atoms with Gasteiger partial charge >= 0.3 is 6.18 Å². The fourth-order valence-electron chi connectivity index (χ4n) is 1.91. The molecule has 0 bridgehead atoms. The summed E-state index contributed by atoms with van der Waals surface area (Å²) in [6.45, 7) is -0.254. The SMILES string of the molecule is OC(COCCCCOc1ccc(OCC=C(Cl)Cl)c(Cl)c1Cl)C(Cl)(Cl)C(F)(F)F. The van der Waals surface area contributed by atoms with E-state index < -0.39 is 23.2 Å². The van der Waals surface area contributed by atoms with Crippen molar-refractivity contribution in [3.63, 3.8) is 0 Å². The smallest absolute Gasteiger partial charge is 0.424 e. The molecule has 30 heavy (non-hydrogen) atoms. The van der Waals surface area contributed by atoms with Crippen molar-refractivity contribution in [1.29, 1.82) is 0 Å². The largest absolute Gasteiger partial charge is 0.492 e. The molecule has 1 rings (SSSR count). The highest BCUT2D eigenvalue weighted by Crippen LogP contribution is 2.42. The number of alkyl halides is 5. The van der Waals surface area contributed by atoms with Crippen LogP contribution in [0.4, 0.5) is 13.2 Å². The molecular weight excluding hydrogens is 538 g/mol. The monoisotopic (exact) mass is 552 g/mol. The molecule has 0 aliphatic carbocycles. The Morgan fingerprint density at radius 2 is 1.53 bits per heavy atom. The van der Waals surface area contributed by atoms with E-state index in [2.05, 4.69) is 0 Å². The molecule has 0 aliphatic rings. The first kappa shape index (κ1) is 28.0. The summed E-state index contributed by atoms with van der Waals surface area (Å²) in [4.78, 5) is 0. The van der Waals surface area contributed by atoms with E-state index in [1.807, 2.05) is 0 Å². The molecule has 0 aromatic heterocycles. The normalized spacial score (nSPS) is 13.1. The van der Waals surface area contributed by atoms with Crippen molar-refractivity contribution < 1.29 is 32.5 Å². The second-order valence-electron chi connectivity index (χ2n) is 5.76. The number of rotatable bonds is 12. The van der Waals surface area contributed by atoms with Crippen LogP contribution in [0, 0.1) is 0 Å². The maximum Gasteiger partial charge on any atom is 0.424 e. The minimum absolute atomic E-state index is 0.0562. The summed E-state index contributed by atoms with van der Waals surface area (Å²) in [5.74, 6) is 0.649. The molecule has 0 heterocycles. The topological polar surface area (TPSA) is 47.9 Å². The van der Waals surface area contributed by atoms with Gasteiger partial charge in [-0.3, -0.25) is 0 Å². The molecule has 0 radical (unpaired) electrons. The second kappa shape index (κ2) is 12.9. The number of benzene rings is 1. The van der Waals surface area contributed by atoms with Gasteiger partial charge < -0.3 is 19.3 Å². The Balaban J connectivity index is 2.35. The van der Waals surface area contributed by atoms with E-state index in [0.29, 0.717) is 24.3 Å². The van der Waals surface area contributed by atoms with Crippen LogP contribution in [-0.4, -0.2) is 48.1 Å². The molecule has 1 atom stereocenters. The Morgan fingerprint density at radius 3 is 2.07 bits per heavy atom. The zero-order valence-electron chi connectivity index (χ0n) is 15.1.